The number of nitrogen functional groups attached to an aromatic ring is 1. The summed E-state index contributed by atoms with van der Waals surface area (Å²) in [6, 6.07) is 0. The lowest BCUT2D eigenvalue weighted by Crippen LogP contribution is -2.04. The monoisotopic (exact) mass is 151 g/mol. The van der Waals surface area contributed by atoms with Crippen LogP contribution in [0.15, 0.2) is 12.7 Å². The minimum Gasteiger partial charge on any atom is -0.425 e. The number of anilines is 1. The summed E-state index contributed by atoms with van der Waals surface area (Å²) < 4.78 is 0.776. The van der Waals surface area contributed by atoms with Crippen LogP contribution in [0, 0.1) is 0 Å². The third-order valence-electron chi connectivity index (χ3n) is 1.34. The third-order valence-corrected chi connectivity index (χ3v) is 1.34. The number of hydrogen-bond acceptors (Lipinski definition) is 5. The van der Waals surface area contributed by atoms with Crippen LogP contribution < -0.4 is 5.73 Å². The summed E-state index contributed by atoms with van der Waals surface area (Å²) in [5.41, 5.74) is 5.84. The highest BCUT2D eigenvalue weighted by atomic mass is 16.5. The Labute approximate surface area is 61.6 Å². The molecule has 0 amide bonds. The lowest BCUT2D eigenvalue weighted by atomic mass is 10.4. The van der Waals surface area contributed by atoms with Crippen molar-refractivity contribution in [3.05, 3.63) is 12.7 Å². The van der Waals surface area contributed by atoms with Gasteiger partial charge in [-0.1, -0.05) is 0 Å². The van der Waals surface area contributed by atoms with Gasteiger partial charge in [-0.2, -0.15) is 4.73 Å². The number of nitrogens with two attached hydrogens (primary N) is 1. The smallest absolute Gasteiger partial charge is 0.200 e. The molecule has 0 fully saturated rings. The van der Waals surface area contributed by atoms with Gasteiger partial charge >= 0.3 is 0 Å². The second-order valence-electron chi connectivity index (χ2n) is 2.02. The van der Waals surface area contributed by atoms with Crippen molar-refractivity contribution >= 4 is 5.82 Å². The van der Waals surface area contributed by atoms with Gasteiger partial charge in [0.2, 0.25) is 5.82 Å². The zero-order valence-corrected chi connectivity index (χ0v) is 5.47. The van der Waals surface area contributed by atoms with Gasteiger partial charge in [0, 0.05) is 0 Å². The van der Waals surface area contributed by atoms with Crippen molar-refractivity contribution in [2.75, 3.05) is 5.73 Å². The van der Waals surface area contributed by atoms with E-state index in [1.165, 1.54) is 12.7 Å². The number of aromatic nitrogens is 4. The first-order chi connectivity index (χ1) is 5.29. The van der Waals surface area contributed by atoms with Crippen LogP contribution in [0.5, 0.6) is 0 Å². The van der Waals surface area contributed by atoms with E-state index in [1.807, 2.05) is 0 Å². The fourth-order valence-corrected chi connectivity index (χ4v) is 0.841. The van der Waals surface area contributed by atoms with E-state index in [9.17, 15) is 0 Å². The number of rotatable bonds is 0. The first kappa shape index (κ1) is 5.90. The Kier molecular flexibility index (Phi) is 0.974. The number of hydrogen-bond donors (Lipinski definition) is 2. The molecule has 0 unspecified atom stereocenters. The minimum absolute atomic E-state index is 0.266. The van der Waals surface area contributed by atoms with E-state index >= 15 is 0 Å². The Morgan fingerprint density at radius 3 is 2.91 bits per heavy atom. The van der Waals surface area contributed by atoms with Crippen LogP contribution in [0.2, 0.25) is 0 Å². The van der Waals surface area contributed by atoms with Gasteiger partial charge in [-0.05, 0) is 0 Å². The summed E-state index contributed by atoms with van der Waals surface area (Å²) >= 11 is 0. The number of fused-ring (bicyclic) bond motifs is 1. The van der Waals surface area contributed by atoms with Gasteiger partial charge in [0.1, 0.15) is 12.7 Å². The Morgan fingerprint density at radius 1 is 1.36 bits per heavy atom. The summed E-state index contributed by atoms with van der Waals surface area (Å²) in [5.74, 6) is 0.584. The van der Waals surface area contributed by atoms with E-state index in [1.54, 1.807) is 0 Å². The predicted octanol–water partition coefficient (Wildman–Crippen LogP) is -0.403. The van der Waals surface area contributed by atoms with E-state index in [0.717, 1.165) is 4.73 Å². The maximum absolute atomic E-state index is 9.08. The fourth-order valence-electron chi connectivity index (χ4n) is 0.841. The van der Waals surface area contributed by atoms with E-state index in [0.29, 0.717) is 11.5 Å². The van der Waals surface area contributed by atoms with Gasteiger partial charge in [-0.25, -0.2) is 15.0 Å². The molecule has 2 aliphatic rings. The third kappa shape index (κ3) is 0.689. The molecule has 56 valence electrons. The molecule has 0 bridgehead atoms. The van der Waals surface area contributed by atoms with Gasteiger partial charge in [0.05, 0.1) is 0 Å². The Bertz CT molecular complexity index is 323. The fraction of sp³-hybridized carbons (Fsp3) is 0. The molecule has 0 aromatic carbocycles. The number of imidazole rings is 1. The SMILES string of the molecule is Nc1ncn(O)c2ncnc1-2. The van der Waals surface area contributed by atoms with Crippen LogP contribution in [0.4, 0.5) is 5.82 Å². The normalized spacial score (nSPS) is 10.5. The molecule has 2 rings (SSSR count). The van der Waals surface area contributed by atoms with Crippen molar-refractivity contribution < 1.29 is 5.21 Å². The van der Waals surface area contributed by atoms with Crippen LogP contribution in [0.1, 0.15) is 0 Å². The molecule has 0 radical (unpaired) electrons. The van der Waals surface area contributed by atoms with Crippen molar-refractivity contribution in [3.8, 4) is 11.5 Å². The lowest BCUT2D eigenvalue weighted by Gasteiger charge is -2.02. The van der Waals surface area contributed by atoms with Crippen molar-refractivity contribution in [2.45, 2.75) is 0 Å². The van der Waals surface area contributed by atoms with Gasteiger partial charge in [-0.15, -0.1) is 0 Å². The van der Waals surface area contributed by atoms with Crippen LogP contribution >= 0.6 is 0 Å². The first-order valence-electron chi connectivity index (χ1n) is 2.92. The molecule has 11 heavy (non-hydrogen) atoms. The highest BCUT2D eigenvalue weighted by Gasteiger charge is 2.13. The van der Waals surface area contributed by atoms with Crippen LogP contribution in [-0.2, 0) is 0 Å². The minimum atomic E-state index is 0.266. The maximum Gasteiger partial charge on any atom is 0.200 e. The summed E-state index contributed by atoms with van der Waals surface area (Å²) in [4.78, 5) is 11.2. The Balaban J connectivity index is 2.82. The molecule has 0 aliphatic carbocycles. The first-order valence-corrected chi connectivity index (χ1v) is 2.92. The van der Waals surface area contributed by atoms with Gasteiger partial charge < -0.3 is 10.9 Å². The summed E-state index contributed by atoms with van der Waals surface area (Å²) in [5, 5.41) is 9.08. The Hall–Kier alpha value is -1.85. The highest BCUT2D eigenvalue weighted by molar-refractivity contribution is 5.63. The van der Waals surface area contributed by atoms with Crippen molar-refractivity contribution in [2.24, 2.45) is 0 Å². The van der Waals surface area contributed by atoms with E-state index < -0.39 is 0 Å². The van der Waals surface area contributed by atoms with Crippen molar-refractivity contribution in [1.29, 1.82) is 0 Å². The maximum atomic E-state index is 9.08. The van der Waals surface area contributed by atoms with Gasteiger partial charge in [0.25, 0.3) is 0 Å². The average Bonchev–Trinajstić information content (AvgIpc) is 2.45. The standard InChI is InChI=1S/C5H5N5O/c6-4-3-5(8-1-7-3)10(11)2-9-4/h1-2,11H,6H2. The van der Waals surface area contributed by atoms with Gasteiger partial charge in [-0.3, -0.25) is 0 Å². The predicted molar refractivity (Wildman–Crippen MR) is 36.0 cm³/mol. The second kappa shape index (κ2) is 1.82. The molecular formula is C5H5N5O. The largest absolute Gasteiger partial charge is 0.425 e. The molecule has 2 aliphatic heterocycles. The number of nitrogens with zero attached hydrogens (tertiary/aromatic N) is 4. The molecule has 2 heterocycles. The van der Waals surface area contributed by atoms with Gasteiger partial charge in [0.15, 0.2) is 11.5 Å². The summed E-state index contributed by atoms with van der Waals surface area (Å²) in [6.07, 6.45) is 2.49. The second-order valence-corrected chi connectivity index (χ2v) is 2.02. The summed E-state index contributed by atoms with van der Waals surface area (Å²) in [6.45, 7) is 0. The molecule has 6 nitrogen and oxygen atoms in total. The molecule has 3 N–H and O–H groups in total. The van der Waals surface area contributed by atoms with E-state index in [2.05, 4.69) is 15.0 Å². The molecule has 0 saturated carbocycles. The van der Waals surface area contributed by atoms with Crippen molar-refractivity contribution in [1.82, 2.24) is 19.7 Å². The van der Waals surface area contributed by atoms with Crippen LogP contribution in [0.3, 0.4) is 0 Å². The topological polar surface area (TPSA) is 89.8 Å². The zero-order chi connectivity index (χ0) is 7.84. The summed E-state index contributed by atoms with van der Waals surface area (Å²) in [7, 11) is 0. The molecule has 0 atom stereocenters. The van der Waals surface area contributed by atoms with E-state index in [4.69, 9.17) is 10.9 Å². The van der Waals surface area contributed by atoms with Crippen molar-refractivity contribution in [3.63, 3.8) is 0 Å². The lowest BCUT2D eigenvalue weighted by molar-refractivity contribution is 0.183. The molecule has 0 aromatic rings. The Morgan fingerprint density at radius 2 is 2.18 bits per heavy atom. The molecular weight excluding hydrogens is 146 g/mol. The molecule has 6 heteroatoms. The molecule has 0 aromatic heterocycles. The quantitative estimate of drug-likeness (QED) is 0.500. The molecule has 0 saturated heterocycles. The molecule has 0 spiro atoms. The average molecular weight is 151 g/mol. The van der Waals surface area contributed by atoms with E-state index in [-0.39, 0.29) is 5.82 Å². The van der Waals surface area contributed by atoms with Crippen LogP contribution in [-0.4, -0.2) is 24.9 Å². The highest BCUT2D eigenvalue weighted by Crippen LogP contribution is 2.19. The van der Waals surface area contributed by atoms with Crippen LogP contribution in [0.25, 0.3) is 11.5 Å². The zero-order valence-electron chi connectivity index (χ0n) is 5.47.